The van der Waals surface area contributed by atoms with E-state index in [0.29, 0.717) is 12.2 Å². The van der Waals surface area contributed by atoms with Gasteiger partial charge in [0.1, 0.15) is 36.3 Å². The second kappa shape index (κ2) is 20.8. The van der Waals surface area contributed by atoms with Crippen LogP contribution in [0.15, 0.2) is 12.7 Å². The zero-order chi connectivity index (χ0) is 39.8. The van der Waals surface area contributed by atoms with Crippen LogP contribution in [0, 0.1) is 5.41 Å². The molecule has 7 atom stereocenters. The number of aliphatic hydroxyl groups excluding tert-OH is 2. The van der Waals surface area contributed by atoms with Crippen molar-refractivity contribution in [2.75, 3.05) is 37.8 Å². The van der Waals surface area contributed by atoms with E-state index in [2.05, 4.69) is 34.4 Å². The van der Waals surface area contributed by atoms with E-state index >= 15 is 0 Å². The van der Waals surface area contributed by atoms with Gasteiger partial charge in [0.15, 0.2) is 22.8 Å². The molecule has 301 valence electrons. The maximum absolute atomic E-state index is 12.6. The number of ether oxygens (including phenoxy) is 1. The summed E-state index contributed by atoms with van der Waals surface area (Å²) in [6, 6.07) is 0. The van der Waals surface area contributed by atoms with Crippen LogP contribution in [0.4, 0.5) is 5.82 Å². The standard InChI is InChI=1S/C25H42N7O17P3S.Na/c1-4-5-16(34)53-9-8-27-15(33)6-7-28-23(37)20(36)25(2,3)11-46-52(43,44)49-51(41,42)45-10-14-19(48-50(38,39)40)18(35)24(47-14)32-13-31-17-21(26)29-12-30-22(17)32;/h12-14,18-20,24,35-36H,4-11H2,1-3H3,(H,27,33)(H,28,37)(H,41,42)(H,43,44)(H2,26,29,30)(H2,38,39,40);/t14-,18-,19-,20+,24-;/m1./s1. The van der Waals surface area contributed by atoms with Crippen molar-refractivity contribution < 1.29 is 80.5 Å². The van der Waals surface area contributed by atoms with Gasteiger partial charge in [-0.2, -0.15) is 4.31 Å². The number of thioether (sulfide) groups is 1. The molecule has 1 aliphatic heterocycles. The van der Waals surface area contributed by atoms with Crippen LogP contribution >= 0.6 is 35.2 Å². The molecule has 0 aromatic carbocycles. The first-order valence-corrected chi connectivity index (χ1v) is 21.1. The number of nitrogens with two attached hydrogens (primary N) is 1. The minimum absolute atomic E-state index is 0. The average Bonchev–Trinajstić information content (AvgIpc) is 3.61. The Morgan fingerprint density at radius 1 is 1.06 bits per heavy atom. The number of hydrogen-bond donors (Lipinski definition) is 9. The number of rotatable bonds is 21. The molecule has 3 rings (SSSR count). The van der Waals surface area contributed by atoms with Crippen molar-refractivity contribution in [2.24, 2.45) is 5.41 Å². The molecule has 1 radical (unpaired) electrons. The summed E-state index contributed by atoms with van der Waals surface area (Å²) in [4.78, 5) is 86.8. The summed E-state index contributed by atoms with van der Waals surface area (Å²) in [6.45, 7) is 2.41. The van der Waals surface area contributed by atoms with Crippen LogP contribution in [0.1, 0.15) is 46.3 Å². The number of phosphoric acid groups is 3. The van der Waals surface area contributed by atoms with Crippen molar-refractivity contribution in [3.05, 3.63) is 12.7 Å². The molecule has 54 heavy (non-hydrogen) atoms. The number of imidazole rings is 1. The Kier molecular flexibility index (Phi) is 18.8. The predicted octanol–water partition coefficient (Wildman–Crippen LogP) is -0.916. The molecular weight excluding hydrogens is 818 g/mol. The number of hydrogen-bond acceptors (Lipinski definition) is 18. The second-order valence-corrected chi connectivity index (χ2v) is 17.4. The quantitative estimate of drug-likeness (QED) is 0.0416. The van der Waals surface area contributed by atoms with E-state index in [-0.39, 0.29) is 71.2 Å². The Bertz CT molecular complexity index is 1750. The van der Waals surface area contributed by atoms with Gasteiger partial charge >= 0.3 is 23.5 Å². The van der Waals surface area contributed by atoms with Crippen LogP contribution in [0.2, 0.25) is 0 Å². The van der Waals surface area contributed by atoms with Crippen molar-refractivity contribution in [3.8, 4) is 0 Å². The van der Waals surface area contributed by atoms with E-state index < -0.39 is 84.6 Å². The van der Waals surface area contributed by atoms with E-state index in [1.807, 2.05) is 6.92 Å². The molecule has 0 saturated carbocycles. The van der Waals surface area contributed by atoms with Crippen LogP contribution in [0.5, 0.6) is 0 Å². The van der Waals surface area contributed by atoms with Crippen molar-refractivity contribution in [1.29, 1.82) is 0 Å². The number of nitrogens with zero attached hydrogens (tertiary/aromatic N) is 4. The van der Waals surface area contributed by atoms with Crippen molar-refractivity contribution >= 4 is 98.7 Å². The third-order valence-corrected chi connectivity index (χ3v) is 11.3. The molecule has 10 N–H and O–H groups in total. The number of anilines is 1. The average molecular weight is 861 g/mol. The molecule has 1 fully saturated rings. The summed E-state index contributed by atoms with van der Waals surface area (Å²) >= 11 is 1.09. The molecule has 1 aliphatic rings. The smallest absolute Gasteiger partial charge is 0.386 e. The van der Waals surface area contributed by atoms with Gasteiger partial charge < -0.3 is 50.9 Å². The summed E-state index contributed by atoms with van der Waals surface area (Å²) in [5, 5.41) is 26.3. The second-order valence-electron chi connectivity index (χ2n) is 12.0. The summed E-state index contributed by atoms with van der Waals surface area (Å²) in [7, 11) is -16.4. The molecule has 2 amide bonds. The molecule has 0 bridgehead atoms. The molecule has 24 nitrogen and oxygen atoms in total. The van der Waals surface area contributed by atoms with E-state index in [1.54, 1.807) is 0 Å². The summed E-state index contributed by atoms with van der Waals surface area (Å²) in [5.74, 6) is -1.06. The summed E-state index contributed by atoms with van der Waals surface area (Å²) in [5.41, 5.74) is 4.27. The van der Waals surface area contributed by atoms with E-state index in [0.717, 1.165) is 35.4 Å². The van der Waals surface area contributed by atoms with Gasteiger partial charge in [0.05, 0.1) is 19.5 Å². The van der Waals surface area contributed by atoms with Gasteiger partial charge in [0, 0.05) is 66.7 Å². The van der Waals surface area contributed by atoms with Crippen LogP contribution in [0.3, 0.4) is 0 Å². The van der Waals surface area contributed by atoms with Gasteiger partial charge in [-0.15, -0.1) is 0 Å². The number of aliphatic hydroxyl groups is 2. The maximum atomic E-state index is 12.6. The number of fused-ring (bicyclic) bond motifs is 1. The van der Waals surface area contributed by atoms with Crippen molar-refractivity contribution in [2.45, 2.75) is 70.7 Å². The van der Waals surface area contributed by atoms with Crippen LogP contribution < -0.4 is 16.4 Å². The van der Waals surface area contributed by atoms with Crippen LogP contribution in [0.25, 0.3) is 11.2 Å². The molecule has 2 aromatic heterocycles. The molecule has 3 heterocycles. The number of carbonyl (C=O) groups excluding carboxylic acids is 3. The minimum Gasteiger partial charge on any atom is -0.386 e. The van der Waals surface area contributed by atoms with Gasteiger partial charge in [-0.3, -0.25) is 32.5 Å². The van der Waals surface area contributed by atoms with Gasteiger partial charge in [-0.05, 0) is 6.42 Å². The summed E-state index contributed by atoms with van der Waals surface area (Å²) < 4.78 is 61.9. The zero-order valence-electron chi connectivity index (χ0n) is 29.5. The van der Waals surface area contributed by atoms with Gasteiger partial charge in [-0.25, -0.2) is 28.6 Å². The Hall–Kier alpha value is -1.44. The number of carbonyl (C=O) groups is 3. The van der Waals surface area contributed by atoms with Crippen LogP contribution in [-0.4, -0.2) is 152 Å². The van der Waals surface area contributed by atoms with Crippen LogP contribution in [-0.2, 0) is 50.7 Å². The summed E-state index contributed by atoms with van der Waals surface area (Å²) in [6.07, 6.45) is -5.73. The normalized spacial score (nSPS) is 21.8. The van der Waals surface area contributed by atoms with E-state index in [4.69, 9.17) is 19.5 Å². The van der Waals surface area contributed by atoms with E-state index in [9.17, 15) is 57.9 Å². The monoisotopic (exact) mass is 860 g/mol. The molecule has 1 saturated heterocycles. The zero-order valence-corrected chi connectivity index (χ0v) is 35.0. The largest absolute Gasteiger partial charge is 0.481 e. The predicted molar refractivity (Wildman–Crippen MR) is 188 cm³/mol. The third-order valence-electron chi connectivity index (χ3n) is 7.22. The molecule has 0 spiro atoms. The first-order valence-electron chi connectivity index (χ1n) is 15.6. The Balaban J connectivity index is 0.0000101. The fourth-order valence-electron chi connectivity index (χ4n) is 4.57. The molecule has 2 unspecified atom stereocenters. The molecule has 29 heteroatoms. The Morgan fingerprint density at radius 2 is 1.72 bits per heavy atom. The first-order chi connectivity index (χ1) is 24.6. The number of amides is 2. The number of phosphoric ester groups is 3. The van der Waals surface area contributed by atoms with Crippen molar-refractivity contribution in [1.82, 2.24) is 30.2 Å². The van der Waals surface area contributed by atoms with Gasteiger partial charge in [0.25, 0.3) is 0 Å². The van der Waals surface area contributed by atoms with Gasteiger partial charge in [0.2, 0.25) is 11.8 Å². The number of aromatic nitrogens is 4. The van der Waals surface area contributed by atoms with E-state index in [1.165, 1.54) is 13.8 Å². The topological polar surface area (TPSA) is 364 Å². The van der Waals surface area contributed by atoms with Gasteiger partial charge in [-0.1, -0.05) is 32.5 Å². The molecule has 2 aromatic rings. The SMILES string of the molecule is CCCC(=O)SCCNC(=O)CCNC(=O)[C@H](O)C(C)(C)COP(=O)(O)OP(=O)(O)OC[C@H]1O[C@@H](n2cnc3c(N)ncnc32)[C@H](O)[C@@H]1OP(=O)(O)O.[Na]. The number of nitrogens with one attached hydrogen (secondary N) is 2. The Labute approximate surface area is 334 Å². The molecular formula is C25H42N7NaO17P3S. The fourth-order valence-corrected chi connectivity index (χ4v) is 8.18. The minimum atomic E-state index is -5.56. The maximum Gasteiger partial charge on any atom is 0.481 e. The third kappa shape index (κ3) is 14.8. The fraction of sp³-hybridized carbons (Fsp3) is 0.680. The Morgan fingerprint density at radius 3 is 2.37 bits per heavy atom. The first kappa shape index (κ1) is 48.7. The molecule has 0 aliphatic carbocycles. The number of nitrogen functional groups attached to an aromatic ring is 1. The van der Waals surface area contributed by atoms with Crippen molar-refractivity contribution in [3.63, 3.8) is 0 Å².